The van der Waals surface area contributed by atoms with Gasteiger partial charge in [0.15, 0.2) is 11.4 Å². The molecule has 0 radical (unpaired) electrons. The third-order valence-corrected chi connectivity index (χ3v) is 18.2. The van der Waals surface area contributed by atoms with Crippen LogP contribution in [0.1, 0.15) is 44.5 Å². The zero-order valence-electron chi connectivity index (χ0n) is 51.8. The highest BCUT2D eigenvalue weighted by molar-refractivity contribution is 6.15. The largest absolute Gasteiger partial charge is 0.417 e. The molecule has 0 fully saturated rings. The quantitative estimate of drug-likeness (QED) is 0.123. The highest BCUT2D eigenvalue weighted by Gasteiger charge is 2.37. The van der Waals surface area contributed by atoms with Crippen LogP contribution in [0, 0.1) is 63.5 Å². The molecule has 96 heavy (non-hydrogen) atoms. The lowest BCUT2D eigenvalue weighted by Crippen LogP contribution is -2.11. The van der Waals surface area contributed by atoms with Gasteiger partial charge in [-0.25, -0.2) is 9.69 Å². The van der Waals surface area contributed by atoms with Crippen LogP contribution >= 0.6 is 0 Å². The molecule has 0 bridgehead atoms. The van der Waals surface area contributed by atoms with E-state index in [1.165, 1.54) is 18.2 Å². The summed E-state index contributed by atoms with van der Waals surface area (Å²) in [6.07, 6.45) is -9.40. The summed E-state index contributed by atoms with van der Waals surface area (Å²) in [6, 6.07) is 73.9. The van der Waals surface area contributed by atoms with Gasteiger partial charge in [0, 0.05) is 82.5 Å². The molecule has 0 N–H and O–H groups in total. The molecule has 0 unspecified atom stereocenters. The summed E-state index contributed by atoms with van der Waals surface area (Å²) in [7, 11) is 0. The summed E-state index contributed by atoms with van der Waals surface area (Å²) in [5.41, 5.74) is 12.5. The molecule has 460 valence electrons. The highest BCUT2D eigenvalue weighted by atomic mass is 19.4. The average Bonchev–Trinajstić information content (AvgIpc) is 1.49. The van der Waals surface area contributed by atoms with Gasteiger partial charge in [0.1, 0.15) is 0 Å². The molecule has 0 amide bonds. The van der Waals surface area contributed by atoms with Gasteiger partial charge >= 0.3 is 12.4 Å². The fourth-order valence-corrected chi connectivity index (χ4v) is 14.0. The Hall–Kier alpha value is -12.6. The lowest BCUT2D eigenvalue weighted by Gasteiger charge is -2.23. The fourth-order valence-electron chi connectivity index (χ4n) is 14.0. The van der Waals surface area contributed by atoms with Gasteiger partial charge < -0.3 is 18.3 Å². The molecule has 4 aromatic heterocycles. The summed E-state index contributed by atoms with van der Waals surface area (Å²) in [5.74, 6) is 0. The molecule has 12 aromatic carbocycles. The molecule has 0 saturated carbocycles. The standard InChI is InChI=1S/2C41H25F3N4/c1-24-12-15-32-30-8-4-6-10-34(30)47(36(32)18-24)38-21-28(46-3)22-39(40(38)29-17-14-27(41(42,43)44)20-26(29)23-45)48-35-11-7-5-9-31(35)33-16-13-25(2)19-37(33)48;1-24-12-15-30-28-8-4-6-10-34(28)47(36(30)18-24)38-21-27(46-3)22-39(40(38)32-17-14-26(23-45)20-33(32)41(42,43)44)48-35-11-7-5-9-29(35)31-16-13-25(2)19-37(31)48/h2*4-22H,1-2H3. The van der Waals surface area contributed by atoms with Crippen LogP contribution in [-0.2, 0) is 12.4 Å². The Morgan fingerprint density at radius 2 is 0.656 bits per heavy atom. The van der Waals surface area contributed by atoms with Gasteiger partial charge in [-0.05, 0) is 153 Å². The van der Waals surface area contributed by atoms with E-state index in [0.717, 1.165) is 128 Å². The molecule has 0 saturated heterocycles. The van der Waals surface area contributed by atoms with Gasteiger partial charge in [0.2, 0.25) is 0 Å². The molecule has 16 rings (SSSR count). The molecule has 8 nitrogen and oxygen atoms in total. The van der Waals surface area contributed by atoms with Crippen molar-refractivity contribution in [3.63, 3.8) is 0 Å². The normalized spacial score (nSPS) is 11.8. The molecule has 4 heterocycles. The summed E-state index contributed by atoms with van der Waals surface area (Å²) in [6.45, 7) is 24.3. The van der Waals surface area contributed by atoms with Gasteiger partial charge in [0.25, 0.3) is 0 Å². The molecular weight excluding hydrogens is 1210 g/mol. The minimum Gasteiger partial charge on any atom is -0.310 e. The van der Waals surface area contributed by atoms with Crippen molar-refractivity contribution in [2.24, 2.45) is 0 Å². The van der Waals surface area contributed by atoms with E-state index in [9.17, 15) is 23.7 Å². The number of halogens is 6. The Bertz CT molecular complexity index is 5900. The number of nitrogens with zero attached hydrogens (tertiary/aromatic N) is 8. The number of alkyl halides is 6. The van der Waals surface area contributed by atoms with Crippen molar-refractivity contribution in [3.05, 3.63) is 298 Å². The fraction of sp³-hybridized carbons (Fsp3) is 0.0732. The van der Waals surface area contributed by atoms with Crippen LogP contribution in [0.3, 0.4) is 0 Å². The van der Waals surface area contributed by atoms with Crippen molar-refractivity contribution in [2.45, 2.75) is 40.0 Å². The van der Waals surface area contributed by atoms with Crippen molar-refractivity contribution in [1.82, 2.24) is 18.3 Å². The second-order valence-electron chi connectivity index (χ2n) is 24.2. The molecule has 14 heteroatoms. The van der Waals surface area contributed by atoms with E-state index >= 15 is 13.2 Å². The summed E-state index contributed by atoms with van der Waals surface area (Å²) in [4.78, 5) is 7.76. The van der Waals surface area contributed by atoms with Gasteiger partial charge in [-0.1, -0.05) is 133 Å². The number of rotatable bonds is 6. The Labute approximate surface area is 546 Å². The van der Waals surface area contributed by atoms with Crippen LogP contribution in [-0.4, -0.2) is 18.3 Å². The first-order chi connectivity index (χ1) is 46.3. The Balaban J connectivity index is 0.000000158. The van der Waals surface area contributed by atoms with Crippen LogP contribution in [0.15, 0.2) is 231 Å². The molecule has 0 aliphatic carbocycles. The van der Waals surface area contributed by atoms with Gasteiger partial charge in [-0.2, -0.15) is 36.9 Å². The van der Waals surface area contributed by atoms with E-state index in [1.54, 1.807) is 24.3 Å². The topological polar surface area (TPSA) is 76.0 Å². The van der Waals surface area contributed by atoms with Crippen molar-refractivity contribution >= 4 is 98.6 Å². The highest BCUT2D eigenvalue weighted by Crippen LogP contribution is 2.50. The molecule has 0 spiro atoms. The van der Waals surface area contributed by atoms with Crippen molar-refractivity contribution in [3.8, 4) is 57.1 Å². The summed E-state index contributed by atoms with van der Waals surface area (Å²) >= 11 is 0. The number of aryl methyl sites for hydroxylation is 4. The monoisotopic (exact) mass is 1260 g/mol. The van der Waals surface area contributed by atoms with Gasteiger partial charge in [-0.15, -0.1) is 0 Å². The summed E-state index contributed by atoms with van der Waals surface area (Å²) < 4.78 is 95.3. The van der Waals surface area contributed by atoms with Crippen LogP contribution in [0.25, 0.3) is 142 Å². The third-order valence-electron chi connectivity index (χ3n) is 18.2. The Morgan fingerprint density at radius 1 is 0.333 bits per heavy atom. The molecule has 0 atom stereocenters. The van der Waals surface area contributed by atoms with E-state index in [-0.39, 0.29) is 22.4 Å². The predicted molar refractivity (Wildman–Crippen MR) is 372 cm³/mol. The zero-order valence-corrected chi connectivity index (χ0v) is 51.8. The molecule has 0 aliphatic rings. The van der Waals surface area contributed by atoms with Crippen LogP contribution in [0.5, 0.6) is 0 Å². The maximum absolute atomic E-state index is 15.1. The molecule has 0 aliphatic heterocycles. The number of nitriles is 2. The number of fused-ring (bicyclic) bond motifs is 12. The van der Waals surface area contributed by atoms with Gasteiger partial charge in [0.05, 0.1) is 91.7 Å². The van der Waals surface area contributed by atoms with Crippen LogP contribution in [0.2, 0.25) is 0 Å². The smallest absolute Gasteiger partial charge is 0.310 e. The number of hydrogen-bond donors (Lipinski definition) is 0. The predicted octanol–water partition coefficient (Wildman–Crippen LogP) is 23.2. The number of hydrogen-bond acceptors (Lipinski definition) is 2. The van der Waals surface area contributed by atoms with Crippen molar-refractivity contribution in [1.29, 1.82) is 10.5 Å². The number of para-hydroxylation sites is 4. The molecule has 16 aromatic rings. The first kappa shape index (κ1) is 59.7. The number of aromatic nitrogens is 4. The van der Waals surface area contributed by atoms with E-state index in [0.29, 0.717) is 45.1 Å². The first-order valence-electron chi connectivity index (χ1n) is 30.7. The maximum Gasteiger partial charge on any atom is 0.417 e. The maximum atomic E-state index is 15.1. The average molecular weight is 1260 g/mol. The second kappa shape index (κ2) is 22.6. The van der Waals surface area contributed by atoms with E-state index in [2.05, 4.69) is 49.2 Å². The number of benzene rings is 12. The van der Waals surface area contributed by atoms with E-state index in [1.807, 2.05) is 188 Å². The van der Waals surface area contributed by atoms with Crippen LogP contribution < -0.4 is 0 Å². The Kier molecular flexibility index (Phi) is 14.0. The van der Waals surface area contributed by atoms with E-state index in [4.69, 9.17) is 13.1 Å². The second-order valence-corrected chi connectivity index (χ2v) is 24.2. The SMILES string of the molecule is [C-]#[N+]c1cc(-n2c3ccccc3c3ccc(C)cc32)c(-c2ccc(C#N)cc2C(F)(F)F)c(-n2c3ccccc3c3ccc(C)cc32)c1.[C-]#[N+]c1cc(-n2c3ccccc3c3ccc(C)cc32)c(-c2ccc(C(F)(F)F)cc2C#N)c(-n2c3ccccc3c3ccc(C)cc32)c1. The minimum atomic E-state index is -4.77. The Morgan fingerprint density at radius 3 is 0.969 bits per heavy atom. The summed E-state index contributed by atoms with van der Waals surface area (Å²) in [5, 5.41) is 27.8. The lowest BCUT2D eigenvalue weighted by atomic mass is 9.93. The molecular formula is C82H50F6N8. The lowest BCUT2D eigenvalue weighted by molar-refractivity contribution is -0.138. The van der Waals surface area contributed by atoms with Crippen LogP contribution in [0.4, 0.5) is 37.7 Å². The van der Waals surface area contributed by atoms with Gasteiger partial charge in [-0.3, -0.25) is 0 Å². The first-order valence-corrected chi connectivity index (χ1v) is 30.7. The zero-order chi connectivity index (χ0) is 66.6. The minimum absolute atomic E-state index is 0.0831. The third kappa shape index (κ3) is 9.65. The van der Waals surface area contributed by atoms with Crippen molar-refractivity contribution < 1.29 is 26.3 Å². The van der Waals surface area contributed by atoms with Crippen molar-refractivity contribution in [2.75, 3.05) is 0 Å². The van der Waals surface area contributed by atoms with E-state index < -0.39 is 23.5 Å².